The molecule has 72 valence electrons. The highest BCUT2D eigenvalue weighted by atomic mass is 35.5. The lowest BCUT2D eigenvalue weighted by Gasteiger charge is -2.15. The first-order valence-electron chi connectivity index (χ1n) is 4.11. The molecule has 0 saturated heterocycles. The predicted molar refractivity (Wildman–Crippen MR) is 55.1 cm³/mol. The normalized spacial score (nSPS) is 15.5. The average Bonchev–Trinajstić information content (AvgIpc) is 2.08. The molecule has 0 fully saturated rings. The van der Waals surface area contributed by atoms with Gasteiger partial charge in [-0.05, 0) is 36.6 Å². The first-order valence-corrected chi connectivity index (χ1v) is 4.93. The highest BCUT2D eigenvalue weighted by molar-refractivity contribution is 6.31. The molecule has 0 radical (unpaired) electrons. The standard InChI is InChI=1S/C10H11Cl2F/c1-6(7(2)11)9-5-8(13)3-4-10(9)12/h3-7H,1-2H3. The Labute approximate surface area is 87.7 Å². The maximum atomic E-state index is 12.9. The van der Waals surface area contributed by atoms with Crippen LogP contribution >= 0.6 is 23.2 Å². The predicted octanol–water partition coefficient (Wildman–Crippen LogP) is 4.21. The van der Waals surface area contributed by atoms with Crippen LogP contribution in [0.3, 0.4) is 0 Å². The van der Waals surface area contributed by atoms with Gasteiger partial charge in [0.15, 0.2) is 0 Å². The van der Waals surface area contributed by atoms with Crippen LogP contribution in [0.25, 0.3) is 0 Å². The summed E-state index contributed by atoms with van der Waals surface area (Å²) in [4.78, 5) is 0. The Bertz CT molecular complexity index is 297. The molecule has 0 amide bonds. The molecule has 1 aromatic carbocycles. The summed E-state index contributed by atoms with van der Waals surface area (Å²) in [7, 11) is 0. The van der Waals surface area contributed by atoms with Crippen molar-refractivity contribution in [2.45, 2.75) is 25.1 Å². The molecular formula is C10H11Cl2F. The molecule has 0 bridgehead atoms. The van der Waals surface area contributed by atoms with Gasteiger partial charge >= 0.3 is 0 Å². The van der Waals surface area contributed by atoms with Gasteiger partial charge in [-0.1, -0.05) is 18.5 Å². The molecule has 2 unspecified atom stereocenters. The van der Waals surface area contributed by atoms with E-state index in [1.165, 1.54) is 12.1 Å². The van der Waals surface area contributed by atoms with Crippen molar-refractivity contribution in [3.8, 4) is 0 Å². The molecule has 0 aliphatic carbocycles. The van der Waals surface area contributed by atoms with Crippen LogP contribution in [-0.2, 0) is 0 Å². The summed E-state index contributed by atoms with van der Waals surface area (Å²) < 4.78 is 12.9. The summed E-state index contributed by atoms with van der Waals surface area (Å²) in [5.74, 6) is -0.214. The highest BCUT2D eigenvalue weighted by Gasteiger charge is 2.15. The fraction of sp³-hybridized carbons (Fsp3) is 0.400. The minimum Gasteiger partial charge on any atom is -0.207 e. The van der Waals surface area contributed by atoms with E-state index in [1.54, 1.807) is 6.07 Å². The van der Waals surface area contributed by atoms with Gasteiger partial charge in [0, 0.05) is 10.4 Å². The maximum Gasteiger partial charge on any atom is 0.123 e. The number of rotatable bonds is 2. The molecule has 3 heteroatoms. The van der Waals surface area contributed by atoms with Crippen molar-refractivity contribution in [1.82, 2.24) is 0 Å². The molecule has 0 aliphatic heterocycles. The fourth-order valence-electron chi connectivity index (χ4n) is 1.11. The second kappa shape index (κ2) is 4.30. The zero-order valence-electron chi connectivity index (χ0n) is 7.52. The van der Waals surface area contributed by atoms with Gasteiger partial charge in [-0.15, -0.1) is 11.6 Å². The van der Waals surface area contributed by atoms with Crippen LogP contribution in [0.2, 0.25) is 5.02 Å². The smallest absolute Gasteiger partial charge is 0.123 e. The van der Waals surface area contributed by atoms with E-state index in [4.69, 9.17) is 23.2 Å². The van der Waals surface area contributed by atoms with Gasteiger partial charge in [0.25, 0.3) is 0 Å². The molecule has 13 heavy (non-hydrogen) atoms. The fourth-order valence-corrected chi connectivity index (χ4v) is 1.54. The molecule has 0 N–H and O–H groups in total. The molecule has 0 nitrogen and oxygen atoms in total. The van der Waals surface area contributed by atoms with Crippen LogP contribution < -0.4 is 0 Å². The van der Waals surface area contributed by atoms with Gasteiger partial charge in [0.05, 0.1) is 0 Å². The zero-order chi connectivity index (χ0) is 10.0. The van der Waals surface area contributed by atoms with Gasteiger partial charge in [-0.3, -0.25) is 0 Å². The topological polar surface area (TPSA) is 0 Å². The maximum absolute atomic E-state index is 12.9. The van der Waals surface area contributed by atoms with Gasteiger partial charge in [0.2, 0.25) is 0 Å². The monoisotopic (exact) mass is 220 g/mol. The second-order valence-electron chi connectivity index (χ2n) is 3.13. The summed E-state index contributed by atoms with van der Waals surface area (Å²) in [6.07, 6.45) is 0. The van der Waals surface area contributed by atoms with Crippen molar-refractivity contribution >= 4 is 23.2 Å². The molecule has 0 saturated carbocycles. The molecule has 1 aromatic rings. The Hall–Kier alpha value is -0.270. The van der Waals surface area contributed by atoms with E-state index in [2.05, 4.69) is 0 Å². The minimum absolute atomic E-state index is 0.0562. The minimum atomic E-state index is -0.274. The summed E-state index contributed by atoms with van der Waals surface area (Å²) >= 11 is 11.8. The van der Waals surface area contributed by atoms with E-state index >= 15 is 0 Å². The Morgan fingerprint density at radius 1 is 1.31 bits per heavy atom. The van der Waals surface area contributed by atoms with Crippen molar-refractivity contribution in [3.05, 3.63) is 34.6 Å². The van der Waals surface area contributed by atoms with E-state index in [-0.39, 0.29) is 17.1 Å². The van der Waals surface area contributed by atoms with Crippen molar-refractivity contribution in [2.24, 2.45) is 0 Å². The van der Waals surface area contributed by atoms with E-state index in [0.717, 1.165) is 5.56 Å². The van der Waals surface area contributed by atoms with Crippen LogP contribution in [0, 0.1) is 5.82 Å². The summed E-state index contributed by atoms with van der Waals surface area (Å²) in [6.45, 7) is 3.80. The van der Waals surface area contributed by atoms with Crippen molar-refractivity contribution < 1.29 is 4.39 Å². The Kier molecular flexibility index (Phi) is 3.57. The van der Waals surface area contributed by atoms with E-state index < -0.39 is 0 Å². The molecule has 0 aliphatic rings. The van der Waals surface area contributed by atoms with Crippen LogP contribution in [-0.4, -0.2) is 5.38 Å². The third-order valence-electron chi connectivity index (χ3n) is 2.14. The second-order valence-corrected chi connectivity index (χ2v) is 4.23. The van der Waals surface area contributed by atoms with Crippen LogP contribution in [0.1, 0.15) is 25.3 Å². The lowest BCUT2D eigenvalue weighted by molar-refractivity contribution is 0.620. The lowest BCUT2D eigenvalue weighted by atomic mass is 9.98. The zero-order valence-corrected chi connectivity index (χ0v) is 9.03. The lowest BCUT2D eigenvalue weighted by Crippen LogP contribution is -2.05. The number of hydrogen-bond acceptors (Lipinski definition) is 0. The Morgan fingerprint density at radius 2 is 1.92 bits per heavy atom. The highest BCUT2D eigenvalue weighted by Crippen LogP contribution is 2.29. The van der Waals surface area contributed by atoms with E-state index in [9.17, 15) is 4.39 Å². The first kappa shape index (κ1) is 10.8. The molecule has 0 spiro atoms. The van der Waals surface area contributed by atoms with Crippen molar-refractivity contribution in [3.63, 3.8) is 0 Å². The van der Waals surface area contributed by atoms with Crippen LogP contribution in [0.5, 0.6) is 0 Å². The summed E-state index contributed by atoms with van der Waals surface area (Å²) in [5.41, 5.74) is 0.768. The summed E-state index contributed by atoms with van der Waals surface area (Å²) in [5, 5.41) is 0.515. The van der Waals surface area contributed by atoms with E-state index in [1.807, 2.05) is 13.8 Å². The number of halogens is 3. The average molecular weight is 221 g/mol. The molecule has 2 atom stereocenters. The molecule has 1 rings (SSSR count). The number of alkyl halides is 1. The third-order valence-corrected chi connectivity index (χ3v) is 2.86. The van der Waals surface area contributed by atoms with Crippen LogP contribution in [0.15, 0.2) is 18.2 Å². The molecule has 0 aromatic heterocycles. The first-order chi connectivity index (χ1) is 6.02. The van der Waals surface area contributed by atoms with Crippen molar-refractivity contribution in [1.29, 1.82) is 0 Å². The number of hydrogen-bond donors (Lipinski definition) is 0. The quantitative estimate of drug-likeness (QED) is 0.656. The molecular weight excluding hydrogens is 210 g/mol. The Balaban J connectivity index is 3.05. The largest absolute Gasteiger partial charge is 0.207 e. The van der Waals surface area contributed by atoms with Gasteiger partial charge in [-0.25, -0.2) is 4.39 Å². The van der Waals surface area contributed by atoms with Gasteiger partial charge in [0.1, 0.15) is 5.82 Å². The van der Waals surface area contributed by atoms with Crippen molar-refractivity contribution in [2.75, 3.05) is 0 Å². The SMILES string of the molecule is CC(Cl)C(C)c1cc(F)ccc1Cl. The van der Waals surface area contributed by atoms with Gasteiger partial charge in [-0.2, -0.15) is 0 Å². The molecule has 0 heterocycles. The van der Waals surface area contributed by atoms with E-state index in [0.29, 0.717) is 5.02 Å². The van der Waals surface area contributed by atoms with Gasteiger partial charge < -0.3 is 0 Å². The Morgan fingerprint density at radius 3 is 2.46 bits per heavy atom. The van der Waals surface area contributed by atoms with Crippen LogP contribution in [0.4, 0.5) is 4.39 Å². The summed E-state index contributed by atoms with van der Waals surface area (Å²) in [6, 6.07) is 4.34. The number of benzene rings is 1. The third kappa shape index (κ3) is 2.58.